The number of urea groups is 1. The number of amides is 3. The van der Waals surface area contributed by atoms with Crippen molar-refractivity contribution in [2.45, 2.75) is 71.0 Å². The summed E-state index contributed by atoms with van der Waals surface area (Å²) in [5.41, 5.74) is -3.09. The number of alkyl halides is 6. The van der Waals surface area contributed by atoms with E-state index in [1.165, 1.54) is 12.1 Å². The Balaban J connectivity index is 1.85. The van der Waals surface area contributed by atoms with Crippen LogP contribution in [0.15, 0.2) is 42.5 Å². The van der Waals surface area contributed by atoms with Crippen molar-refractivity contribution in [1.29, 1.82) is 0 Å². The molecule has 44 heavy (non-hydrogen) atoms. The number of carbonyl (C=O) groups is 3. The highest BCUT2D eigenvalue weighted by atomic mass is 19.4. The zero-order valence-electron chi connectivity index (χ0n) is 24.3. The normalized spacial score (nSPS) is 19.0. The Hall–Kier alpha value is -3.81. The fourth-order valence-electron chi connectivity index (χ4n) is 5.35. The third-order valence-corrected chi connectivity index (χ3v) is 7.87. The van der Waals surface area contributed by atoms with Gasteiger partial charge in [0.05, 0.1) is 23.7 Å². The molecule has 0 spiro atoms. The number of carboxylic acid groups (broad SMARTS) is 1. The zero-order chi connectivity index (χ0) is 33.0. The number of anilines is 1. The fraction of sp³-hybridized carbons (Fsp3) is 0.500. The molecule has 0 aliphatic heterocycles. The number of rotatable bonds is 8. The van der Waals surface area contributed by atoms with Crippen LogP contribution >= 0.6 is 0 Å². The van der Waals surface area contributed by atoms with E-state index in [2.05, 4.69) is 36.7 Å². The van der Waals surface area contributed by atoms with Crippen LogP contribution in [0.25, 0.3) is 0 Å². The van der Waals surface area contributed by atoms with Gasteiger partial charge in [-0.3, -0.25) is 4.79 Å². The van der Waals surface area contributed by atoms with Gasteiger partial charge in [0.15, 0.2) is 6.10 Å². The van der Waals surface area contributed by atoms with Crippen LogP contribution in [0.1, 0.15) is 79.5 Å². The first-order valence-electron chi connectivity index (χ1n) is 13.9. The second-order valence-corrected chi connectivity index (χ2v) is 12.0. The van der Waals surface area contributed by atoms with Crippen molar-refractivity contribution in [2.75, 3.05) is 11.9 Å². The average Bonchev–Trinajstić information content (AvgIpc) is 2.93. The minimum atomic E-state index is -5.08. The summed E-state index contributed by atoms with van der Waals surface area (Å²) in [5.74, 6) is -1.88. The molecule has 1 fully saturated rings. The molecule has 0 bridgehead atoms. The van der Waals surface area contributed by atoms with E-state index < -0.39 is 65.8 Å². The highest BCUT2D eigenvalue weighted by Crippen LogP contribution is 2.44. The molecular weight excluding hydrogens is 596 g/mol. The number of carboxylic acids is 1. The molecule has 0 radical (unpaired) electrons. The molecule has 3 rings (SSSR count). The van der Waals surface area contributed by atoms with Gasteiger partial charge in [0.1, 0.15) is 0 Å². The maximum Gasteiger partial charge on any atom is 0.416 e. The van der Waals surface area contributed by atoms with E-state index >= 15 is 0 Å². The van der Waals surface area contributed by atoms with Gasteiger partial charge in [-0.15, -0.1) is 0 Å². The Morgan fingerprint density at radius 3 is 1.84 bits per heavy atom. The Kier molecular flexibility index (Phi) is 10.6. The fourth-order valence-corrected chi connectivity index (χ4v) is 5.35. The number of nitrogens with one attached hydrogen (secondary N) is 3. The monoisotopic (exact) mass is 631 g/mol. The van der Waals surface area contributed by atoms with Crippen molar-refractivity contribution in [2.24, 2.45) is 17.3 Å². The largest absolute Gasteiger partial charge is 0.479 e. The smallest absolute Gasteiger partial charge is 0.416 e. The minimum Gasteiger partial charge on any atom is -0.479 e. The third-order valence-electron chi connectivity index (χ3n) is 7.87. The zero-order valence-corrected chi connectivity index (χ0v) is 24.3. The van der Waals surface area contributed by atoms with Gasteiger partial charge in [-0.25, -0.2) is 9.59 Å². The summed E-state index contributed by atoms with van der Waals surface area (Å²) >= 11 is 0. The first-order chi connectivity index (χ1) is 20.3. The molecule has 8 nitrogen and oxygen atoms in total. The lowest BCUT2D eigenvalue weighted by Crippen LogP contribution is -2.39. The standard InChI is InChI=1S/C30H35F6N3O5/c1-28(2,3)19-10-8-17(9-11-19)24(16-4-6-18(7-5-16)25(41)37-15-23(40)26(42)43)39-27(44)38-22-13-20(29(31,32)33)12-21(14-22)30(34,35)36/h4-7,12-14,17,19,23-24,40H,8-11,15H2,1-3H3,(H,37,41)(H,42,43)(H2,38,39,44). The van der Waals surface area contributed by atoms with Crippen LogP contribution in [0.3, 0.4) is 0 Å². The van der Waals surface area contributed by atoms with Crippen molar-refractivity contribution in [3.05, 3.63) is 64.7 Å². The lowest BCUT2D eigenvalue weighted by molar-refractivity contribution is -0.146. The number of aliphatic carboxylic acids is 1. The lowest BCUT2D eigenvalue weighted by atomic mass is 9.68. The molecule has 1 saturated carbocycles. The van der Waals surface area contributed by atoms with E-state index in [0.29, 0.717) is 36.5 Å². The van der Waals surface area contributed by atoms with Crippen LogP contribution in [0.5, 0.6) is 0 Å². The van der Waals surface area contributed by atoms with E-state index in [1.807, 2.05) is 0 Å². The van der Waals surface area contributed by atoms with Crippen LogP contribution in [-0.4, -0.2) is 40.8 Å². The van der Waals surface area contributed by atoms with Gasteiger partial charge in [0.25, 0.3) is 5.91 Å². The molecule has 0 heterocycles. The number of benzene rings is 2. The van der Waals surface area contributed by atoms with Gasteiger partial charge in [-0.05, 0) is 78.8 Å². The van der Waals surface area contributed by atoms with Gasteiger partial charge < -0.3 is 26.2 Å². The average molecular weight is 632 g/mol. The number of hydrogen-bond acceptors (Lipinski definition) is 4. The van der Waals surface area contributed by atoms with Crippen LogP contribution in [0, 0.1) is 17.3 Å². The molecule has 14 heteroatoms. The van der Waals surface area contributed by atoms with Crippen molar-refractivity contribution < 1.29 is 50.9 Å². The van der Waals surface area contributed by atoms with Crippen molar-refractivity contribution in [1.82, 2.24) is 10.6 Å². The minimum absolute atomic E-state index is 0.0281. The molecule has 2 atom stereocenters. The Morgan fingerprint density at radius 1 is 0.864 bits per heavy atom. The molecule has 2 aromatic rings. The number of aliphatic hydroxyl groups is 1. The maximum absolute atomic E-state index is 13.3. The number of hydrogen-bond donors (Lipinski definition) is 5. The van der Waals surface area contributed by atoms with E-state index in [9.17, 15) is 45.8 Å². The molecule has 242 valence electrons. The van der Waals surface area contributed by atoms with Gasteiger partial charge >= 0.3 is 24.4 Å². The first-order valence-corrected chi connectivity index (χ1v) is 13.9. The molecule has 1 aliphatic carbocycles. The van der Waals surface area contributed by atoms with Crippen LogP contribution in [0.4, 0.5) is 36.8 Å². The summed E-state index contributed by atoms with van der Waals surface area (Å²) in [4.78, 5) is 36.2. The van der Waals surface area contributed by atoms with E-state index in [1.54, 1.807) is 12.1 Å². The molecule has 5 N–H and O–H groups in total. The summed E-state index contributed by atoms with van der Waals surface area (Å²) in [6, 6.07) is 5.06. The molecule has 3 amide bonds. The van der Waals surface area contributed by atoms with Crippen molar-refractivity contribution >= 4 is 23.6 Å². The molecular formula is C30H35F6N3O5. The Labute approximate surface area is 250 Å². The quantitative estimate of drug-likeness (QED) is 0.210. The van der Waals surface area contributed by atoms with E-state index in [4.69, 9.17) is 5.11 Å². The number of aliphatic hydroxyl groups excluding tert-OH is 1. The Morgan fingerprint density at radius 2 is 1.39 bits per heavy atom. The predicted octanol–water partition coefficient (Wildman–Crippen LogP) is 6.61. The summed E-state index contributed by atoms with van der Waals surface area (Å²) < 4.78 is 79.9. The summed E-state index contributed by atoms with van der Waals surface area (Å²) in [6.07, 6.45) is -8.91. The first kappa shape index (κ1) is 34.7. The molecule has 2 aromatic carbocycles. The number of carbonyl (C=O) groups excluding carboxylic acids is 2. The molecule has 1 aliphatic rings. The second kappa shape index (κ2) is 13.4. The predicted molar refractivity (Wildman–Crippen MR) is 149 cm³/mol. The van der Waals surface area contributed by atoms with E-state index in [0.717, 1.165) is 12.8 Å². The summed E-state index contributed by atoms with van der Waals surface area (Å²) in [6.45, 7) is 5.86. The molecule has 0 saturated heterocycles. The third kappa shape index (κ3) is 9.34. The topological polar surface area (TPSA) is 128 Å². The maximum atomic E-state index is 13.3. The number of halogens is 6. The highest BCUT2D eigenvalue weighted by molar-refractivity contribution is 5.94. The van der Waals surface area contributed by atoms with Gasteiger partial charge in [-0.1, -0.05) is 32.9 Å². The highest BCUT2D eigenvalue weighted by Gasteiger charge is 2.38. The van der Waals surface area contributed by atoms with Crippen LogP contribution in [0.2, 0.25) is 0 Å². The SMILES string of the molecule is CC(C)(C)C1CCC(C(NC(=O)Nc2cc(C(F)(F)F)cc(C(F)(F)F)c2)c2ccc(C(=O)NCC(O)C(=O)O)cc2)CC1. The lowest BCUT2D eigenvalue weighted by Gasteiger charge is -2.39. The van der Waals surface area contributed by atoms with Crippen molar-refractivity contribution in [3.63, 3.8) is 0 Å². The van der Waals surface area contributed by atoms with Crippen molar-refractivity contribution in [3.8, 4) is 0 Å². The Bertz CT molecular complexity index is 1300. The van der Waals surface area contributed by atoms with Crippen LogP contribution < -0.4 is 16.0 Å². The van der Waals surface area contributed by atoms with Gasteiger partial charge in [0.2, 0.25) is 0 Å². The second-order valence-electron chi connectivity index (χ2n) is 12.0. The van der Waals surface area contributed by atoms with E-state index in [-0.39, 0.29) is 23.0 Å². The van der Waals surface area contributed by atoms with Crippen LogP contribution in [-0.2, 0) is 17.1 Å². The molecule has 2 unspecified atom stereocenters. The molecule has 0 aromatic heterocycles. The van der Waals surface area contributed by atoms with Gasteiger partial charge in [0, 0.05) is 11.3 Å². The summed E-state index contributed by atoms with van der Waals surface area (Å²) in [5, 5.41) is 25.3. The summed E-state index contributed by atoms with van der Waals surface area (Å²) in [7, 11) is 0. The van der Waals surface area contributed by atoms with Gasteiger partial charge in [-0.2, -0.15) is 26.3 Å².